The van der Waals surface area contributed by atoms with Crippen molar-refractivity contribution in [1.29, 1.82) is 0 Å². The second-order valence-electron chi connectivity index (χ2n) is 4.65. The average molecular weight is 552 g/mol. The number of anilines is 1. The fourth-order valence-electron chi connectivity index (χ4n) is 1.91. The van der Waals surface area contributed by atoms with Crippen LogP contribution in [0.4, 0.5) is 5.82 Å². The second kappa shape index (κ2) is 8.25. The number of aryl methyl sites for hydroxylation is 1. The summed E-state index contributed by atoms with van der Waals surface area (Å²) in [6.07, 6.45) is 4.86. The molecule has 4 nitrogen and oxygen atoms in total. The second-order valence-corrected chi connectivity index (χ2v) is 7.67. The molecule has 1 heterocycles. The lowest BCUT2D eigenvalue weighted by Gasteiger charge is -2.08. The molecule has 1 aromatic carbocycles. The molecule has 1 aromatic heterocycles. The van der Waals surface area contributed by atoms with E-state index in [-0.39, 0.29) is 5.91 Å². The molecule has 0 spiro atoms. The third-order valence-electron chi connectivity index (χ3n) is 2.94. The van der Waals surface area contributed by atoms with Crippen LogP contribution in [-0.2, 0) is 4.79 Å². The molecule has 0 aliphatic heterocycles. The van der Waals surface area contributed by atoms with E-state index in [1.807, 2.05) is 25.1 Å². The molecule has 23 heavy (non-hydrogen) atoms. The summed E-state index contributed by atoms with van der Waals surface area (Å²) in [6.45, 7) is 1.91. The molecular formula is C16H13Br2IN2O2. The molecule has 0 saturated carbocycles. The monoisotopic (exact) mass is 550 g/mol. The van der Waals surface area contributed by atoms with E-state index in [9.17, 15) is 4.79 Å². The molecule has 0 saturated heterocycles. The van der Waals surface area contributed by atoms with Crippen LogP contribution < -0.4 is 10.1 Å². The van der Waals surface area contributed by atoms with Crippen LogP contribution >= 0.6 is 54.5 Å². The van der Waals surface area contributed by atoms with Crippen LogP contribution in [0.25, 0.3) is 6.08 Å². The minimum Gasteiger partial charge on any atom is -0.495 e. The van der Waals surface area contributed by atoms with Gasteiger partial charge in [-0.25, -0.2) is 4.98 Å². The van der Waals surface area contributed by atoms with Crippen LogP contribution in [0.3, 0.4) is 0 Å². The Hall–Kier alpha value is -0.930. The Bertz CT molecular complexity index is 779. The molecule has 1 N–H and O–H groups in total. The summed E-state index contributed by atoms with van der Waals surface area (Å²) in [4.78, 5) is 16.3. The van der Waals surface area contributed by atoms with Crippen molar-refractivity contribution < 1.29 is 9.53 Å². The van der Waals surface area contributed by atoms with E-state index in [1.165, 1.54) is 6.08 Å². The molecule has 2 aromatic rings. The number of ether oxygens (including phenoxy) is 1. The highest BCUT2D eigenvalue weighted by Gasteiger charge is 2.08. The molecule has 0 unspecified atom stereocenters. The predicted molar refractivity (Wildman–Crippen MR) is 108 cm³/mol. The highest BCUT2D eigenvalue weighted by Crippen LogP contribution is 2.33. The first kappa shape index (κ1) is 18.4. The number of nitrogens with zero attached hydrogens (tertiary/aromatic N) is 1. The van der Waals surface area contributed by atoms with Crippen molar-refractivity contribution in [2.75, 3.05) is 12.4 Å². The lowest BCUT2D eigenvalue weighted by Crippen LogP contribution is -2.10. The summed E-state index contributed by atoms with van der Waals surface area (Å²) in [6, 6.07) is 5.72. The zero-order valence-corrected chi connectivity index (χ0v) is 17.7. The first-order chi connectivity index (χ1) is 10.9. The summed E-state index contributed by atoms with van der Waals surface area (Å²) < 4.78 is 8.07. The first-order valence-corrected chi connectivity index (χ1v) is 9.21. The van der Waals surface area contributed by atoms with Gasteiger partial charge in [-0.05, 0) is 75.3 Å². The molecule has 0 fully saturated rings. The van der Waals surface area contributed by atoms with E-state index < -0.39 is 0 Å². The zero-order chi connectivity index (χ0) is 17.0. The van der Waals surface area contributed by atoms with Crippen LogP contribution in [0.1, 0.15) is 11.1 Å². The number of hydrogen-bond acceptors (Lipinski definition) is 3. The third-order valence-corrected chi connectivity index (χ3v) is 4.58. The molecular weight excluding hydrogens is 539 g/mol. The van der Waals surface area contributed by atoms with Crippen LogP contribution in [0.5, 0.6) is 5.75 Å². The topological polar surface area (TPSA) is 51.2 Å². The van der Waals surface area contributed by atoms with Crippen molar-refractivity contribution in [3.63, 3.8) is 0 Å². The van der Waals surface area contributed by atoms with Gasteiger partial charge in [0.15, 0.2) is 0 Å². The molecule has 0 aliphatic rings. The van der Waals surface area contributed by atoms with Gasteiger partial charge in [-0.15, -0.1) is 0 Å². The van der Waals surface area contributed by atoms with Gasteiger partial charge in [-0.3, -0.25) is 4.79 Å². The number of pyridine rings is 1. The lowest BCUT2D eigenvalue weighted by molar-refractivity contribution is -0.111. The van der Waals surface area contributed by atoms with Crippen LogP contribution in [0.15, 0.2) is 39.4 Å². The van der Waals surface area contributed by atoms with Gasteiger partial charge in [0, 0.05) is 25.9 Å². The molecule has 120 valence electrons. The number of carbonyl (C=O) groups is 1. The Labute approximate surface area is 165 Å². The maximum Gasteiger partial charge on any atom is 0.249 e. The van der Waals surface area contributed by atoms with Crippen LogP contribution in [0, 0.1) is 10.5 Å². The Balaban J connectivity index is 2.18. The lowest BCUT2D eigenvalue weighted by atomic mass is 10.2. The predicted octanol–water partition coefficient (Wildman–Crippen LogP) is 5.18. The van der Waals surface area contributed by atoms with Crippen LogP contribution in [-0.4, -0.2) is 18.0 Å². The van der Waals surface area contributed by atoms with Gasteiger partial charge in [0.05, 0.1) is 11.6 Å². The highest BCUT2D eigenvalue weighted by atomic mass is 127. The molecule has 0 aliphatic carbocycles. The number of methoxy groups -OCH3 is 1. The normalized spacial score (nSPS) is 10.8. The van der Waals surface area contributed by atoms with Gasteiger partial charge in [0.2, 0.25) is 5.91 Å². The number of amides is 1. The number of benzene rings is 1. The minimum absolute atomic E-state index is 0.250. The van der Waals surface area contributed by atoms with Gasteiger partial charge < -0.3 is 10.1 Å². The van der Waals surface area contributed by atoms with Crippen molar-refractivity contribution in [3.05, 3.63) is 54.1 Å². The molecule has 0 bridgehead atoms. The van der Waals surface area contributed by atoms with Crippen molar-refractivity contribution >= 4 is 72.3 Å². The Morgan fingerprint density at radius 1 is 1.35 bits per heavy atom. The Kier molecular flexibility index (Phi) is 6.60. The fourth-order valence-corrected chi connectivity index (χ4v) is 3.94. The summed E-state index contributed by atoms with van der Waals surface area (Å²) in [5.74, 6) is 0.975. The van der Waals surface area contributed by atoms with E-state index in [0.717, 1.165) is 23.6 Å². The largest absolute Gasteiger partial charge is 0.495 e. The number of nitrogens with one attached hydrogen (secondary N) is 1. The molecule has 7 heteroatoms. The minimum atomic E-state index is -0.250. The van der Waals surface area contributed by atoms with E-state index >= 15 is 0 Å². The number of halogens is 3. The number of hydrogen-bond donors (Lipinski definition) is 1. The maximum atomic E-state index is 12.1. The summed E-state index contributed by atoms with van der Waals surface area (Å²) in [5.41, 5.74) is 1.71. The summed E-state index contributed by atoms with van der Waals surface area (Å²) in [5, 5.41) is 2.77. The Morgan fingerprint density at radius 3 is 2.74 bits per heavy atom. The van der Waals surface area contributed by atoms with Gasteiger partial charge >= 0.3 is 0 Å². The van der Waals surface area contributed by atoms with E-state index in [0.29, 0.717) is 11.6 Å². The first-order valence-electron chi connectivity index (χ1n) is 6.55. The summed E-state index contributed by atoms with van der Waals surface area (Å²) >= 11 is 9.04. The van der Waals surface area contributed by atoms with Crippen LogP contribution in [0.2, 0.25) is 0 Å². The molecule has 2 rings (SSSR count). The van der Waals surface area contributed by atoms with Crippen molar-refractivity contribution in [2.45, 2.75) is 6.92 Å². The molecule has 0 radical (unpaired) electrons. The van der Waals surface area contributed by atoms with E-state index in [4.69, 9.17) is 4.74 Å². The number of rotatable bonds is 4. The van der Waals surface area contributed by atoms with Crippen molar-refractivity contribution in [3.8, 4) is 5.75 Å². The van der Waals surface area contributed by atoms with Gasteiger partial charge in [-0.1, -0.05) is 15.9 Å². The highest BCUT2D eigenvalue weighted by molar-refractivity contribution is 14.1. The van der Waals surface area contributed by atoms with E-state index in [2.05, 4.69) is 64.8 Å². The third kappa shape index (κ3) is 5.02. The Morgan fingerprint density at radius 2 is 2.09 bits per heavy atom. The standard InChI is InChI=1S/C16H13Br2IN2O2/c1-9-5-12(19)8-20-16(9)21-14(22)4-3-10-6-11(17)7-13(18)15(10)23-2/h3-8H,1-2H3,(H,20,21,22). The number of aromatic nitrogens is 1. The average Bonchev–Trinajstić information content (AvgIpc) is 2.47. The van der Waals surface area contributed by atoms with Crippen molar-refractivity contribution in [2.24, 2.45) is 0 Å². The summed E-state index contributed by atoms with van der Waals surface area (Å²) in [7, 11) is 1.59. The SMILES string of the molecule is COc1c(Br)cc(Br)cc1C=CC(=O)Nc1ncc(I)cc1C. The molecule has 1 amide bonds. The quantitative estimate of drug-likeness (QED) is 0.421. The van der Waals surface area contributed by atoms with Crippen molar-refractivity contribution in [1.82, 2.24) is 4.98 Å². The fraction of sp³-hybridized carbons (Fsp3) is 0.125. The number of carbonyl (C=O) groups excluding carboxylic acids is 1. The molecule has 0 atom stereocenters. The smallest absolute Gasteiger partial charge is 0.249 e. The van der Waals surface area contributed by atoms with E-state index in [1.54, 1.807) is 19.4 Å². The zero-order valence-electron chi connectivity index (χ0n) is 12.4. The van der Waals surface area contributed by atoms with Gasteiger partial charge in [0.1, 0.15) is 11.6 Å². The van der Waals surface area contributed by atoms with Gasteiger partial charge in [0.25, 0.3) is 0 Å². The maximum absolute atomic E-state index is 12.1. The van der Waals surface area contributed by atoms with Gasteiger partial charge in [-0.2, -0.15) is 0 Å².